The van der Waals surface area contributed by atoms with E-state index in [1.54, 1.807) is 13.0 Å². The minimum Gasteiger partial charge on any atom is -0.369 e. The highest BCUT2D eigenvalue weighted by atomic mass is 32.2. The molecular weight excluding hydrogens is 374 g/mol. The molecule has 0 unspecified atom stereocenters. The summed E-state index contributed by atoms with van der Waals surface area (Å²) in [6.07, 6.45) is 0. The van der Waals surface area contributed by atoms with E-state index >= 15 is 0 Å². The van der Waals surface area contributed by atoms with Crippen LogP contribution in [0, 0.1) is 17.0 Å². The van der Waals surface area contributed by atoms with Crippen LogP contribution >= 0.6 is 12.6 Å². The van der Waals surface area contributed by atoms with E-state index in [4.69, 9.17) is 0 Å². The van der Waals surface area contributed by atoms with Gasteiger partial charge in [-0.2, -0.15) is 0 Å². The summed E-state index contributed by atoms with van der Waals surface area (Å²) >= 11 is 4.36. The largest absolute Gasteiger partial charge is 0.369 e. The maximum Gasteiger partial charge on any atom is 0.269 e. The van der Waals surface area contributed by atoms with E-state index in [1.807, 2.05) is 6.07 Å². The second kappa shape index (κ2) is 7.26. The molecular formula is C17H19N3O4S2. The Morgan fingerprint density at radius 2 is 1.73 bits per heavy atom. The van der Waals surface area contributed by atoms with Gasteiger partial charge in [0.15, 0.2) is 0 Å². The Morgan fingerprint density at radius 1 is 1.12 bits per heavy atom. The van der Waals surface area contributed by atoms with Crippen LogP contribution in [-0.4, -0.2) is 39.5 Å². The number of hydrogen-bond acceptors (Lipinski definition) is 7. The molecule has 1 N–H and O–H groups in total. The molecule has 1 aliphatic heterocycles. The van der Waals surface area contributed by atoms with E-state index < -0.39 is 14.8 Å². The molecule has 0 atom stereocenters. The van der Waals surface area contributed by atoms with Crippen molar-refractivity contribution in [1.82, 2.24) is 5.32 Å². The molecule has 1 heterocycles. The lowest BCUT2D eigenvalue weighted by Crippen LogP contribution is -2.43. The summed E-state index contributed by atoms with van der Waals surface area (Å²) in [5.74, 6) is 0. The van der Waals surface area contributed by atoms with E-state index in [2.05, 4.69) is 22.8 Å². The van der Waals surface area contributed by atoms with Gasteiger partial charge in [-0.1, -0.05) is 0 Å². The minimum atomic E-state index is -3.85. The van der Waals surface area contributed by atoms with Crippen LogP contribution in [0.1, 0.15) is 5.56 Å². The number of nitro groups is 1. The number of piperazine rings is 1. The molecule has 0 aliphatic carbocycles. The molecule has 0 radical (unpaired) electrons. The molecule has 7 nitrogen and oxygen atoms in total. The van der Waals surface area contributed by atoms with Gasteiger partial charge >= 0.3 is 0 Å². The topological polar surface area (TPSA) is 92.6 Å². The van der Waals surface area contributed by atoms with Crippen molar-refractivity contribution in [3.63, 3.8) is 0 Å². The first kappa shape index (κ1) is 18.7. The van der Waals surface area contributed by atoms with Crippen molar-refractivity contribution < 1.29 is 13.3 Å². The van der Waals surface area contributed by atoms with Crippen LogP contribution in [0.15, 0.2) is 51.1 Å². The normalized spacial score (nSPS) is 15.1. The molecule has 0 spiro atoms. The molecule has 26 heavy (non-hydrogen) atoms. The van der Waals surface area contributed by atoms with Crippen molar-refractivity contribution in [3.8, 4) is 0 Å². The molecule has 1 fully saturated rings. The number of non-ortho nitro benzene ring substituents is 1. The summed E-state index contributed by atoms with van der Waals surface area (Å²) in [6, 6.07) is 8.49. The number of anilines is 1. The summed E-state index contributed by atoms with van der Waals surface area (Å²) < 4.78 is 26.3. The minimum absolute atomic E-state index is 0.0129. The first-order valence-electron chi connectivity index (χ1n) is 8.10. The average Bonchev–Trinajstić information content (AvgIpc) is 2.62. The molecule has 0 aromatic heterocycles. The van der Waals surface area contributed by atoms with E-state index in [1.165, 1.54) is 24.3 Å². The molecule has 3 rings (SSSR count). The Kier molecular flexibility index (Phi) is 5.22. The highest BCUT2D eigenvalue weighted by molar-refractivity contribution is 7.92. The monoisotopic (exact) mass is 393 g/mol. The molecule has 1 aliphatic rings. The molecule has 1 saturated heterocycles. The number of nitrogens with zero attached hydrogens (tertiary/aromatic N) is 2. The molecule has 2 aromatic carbocycles. The zero-order chi connectivity index (χ0) is 18.9. The maximum atomic E-state index is 13.1. The molecule has 0 saturated carbocycles. The second-order valence-corrected chi connectivity index (χ2v) is 8.42. The number of benzene rings is 2. The van der Waals surface area contributed by atoms with E-state index in [9.17, 15) is 18.5 Å². The van der Waals surface area contributed by atoms with E-state index in [0.717, 1.165) is 31.9 Å². The van der Waals surface area contributed by atoms with Crippen LogP contribution in [0.5, 0.6) is 0 Å². The SMILES string of the molecule is Cc1c(N2CCNCC2)ccc(S)c1S(=O)(=O)c1ccc([N+](=O)[O-])cc1. The fourth-order valence-corrected chi connectivity index (χ4v) is 5.30. The van der Waals surface area contributed by atoms with Crippen molar-refractivity contribution in [2.24, 2.45) is 0 Å². The third-order valence-corrected chi connectivity index (χ3v) is 6.92. The number of nitro benzene ring substituents is 1. The first-order chi connectivity index (χ1) is 12.3. The molecule has 2 aromatic rings. The fraction of sp³-hybridized carbons (Fsp3) is 0.294. The highest BCUT2D eigenvalue weighted by Gasteiger charge is 2.26. The van der Waals surface area contributed by atoms with Gasteiger partial charge in [-0.25, -0.2) is 8.42 Å². The van der Waals surface area contributed by atoms with Crippen LogP contribution in [0.4, 0.5) is 11.4 Å². The van der Waals surface area contributed by atoms with Crippen LogP contribution in [0.3, 0.4) is 0 Å². The van der Waals surface area contributed by atoms with Gasteiger partial charge in [0.25, 0.3) is 5.69 Å². The Hall–Kier alpha value is -2.10. The molecule has 9 heteroatoms. The van der Waals surface area contributed by atoms with Gasteiger partial charge in [-0.05, 0) is 36.8 Å². The standard InChI is InChI=1S/C17H19N3O4S2/c1-12-15(19-10-8-18-9-11-19)6-7-16(25)17(12)26(23,24)14-4-2-13(3-5-14)20(21)22/h2-7,18,25H,8-11H2,1H3. The zero-order valence-electron chi connectivity index (χ0n) is 14.2. The average molecular weight is 393 g/mol. The van der Waals surface area contributed by atoms with E-state index in [0.29, 0.717) is 10.5 Å². The van der Waals surface area contributed by atoms with Crippen LogP contribution in [0.25, 0.3) is 0 Å². The van der Waals surface area contributed by atoms with Crippen molar-refractivity contribution in [2.75, 3.05) is 31.1 Å². The quantitative estimate of drug-likeness (QED) is 0.471. The lowest BCUT2D eigenvalue weighted by Gasteiger charge is -2.31. The van der Waals surface area contributed by atoms with Gasteiger partial charge in [0.05, 0.1) is 14.7 Å². The van der Waals surface area contributed by atoms with E-state index in [-0.39, 0.29) is 15.5 Å². The molecule has 0 bridgehead atoms. The van der Waals surface area contributed by atoms with Crippen LogP contribution in [0.2, 0.25) is 0 Å². The highest BCUT2D eigenvalue weighted by Crippen LogP contribution is 2.35. The number of thiol groups is 1. The number of rotatable bonds is 4. The van der Waals surface area contributed by atoms with Gasteiger partial charge in [-0.15, -0.1) is 12.6 Å². The molecule has 138 valence electrons. The van der Waals surface area contributed by atoms with Crippen LogP contribution < -0.4 is 10.2 Å². The van der Waals surface area contributed by atoms with Crippen LogP contribution in [-0.2, 0) is 9.84 Å². The lowest BCUT2D eigenvalue weighted by atomic mass is 10.1. The second-order valence-electron chi connectivity index (χ2n) is 6.05. The summed E-state index contributed by atoms with van der Waals surface area (Å²) in [5.41, 5.74) is 1.35. The van der Waals surface area contributed by atoms with Crippen molar-refractivity contribution in [2.45, 2.75) is 21.6 Å². The number of nitrogens with one attached hydrogen (secondary N) is 1. The van der Waals surface area contributed by atoms with Gasteiger partial charge in [-0.3, -0.25) is 10.1 Å². The zero-order valence-corrected chi connectivity index (χ0v) is 15.9. The molecule has 0 amide bonds. The van der Waals surface area contributed by atoms with Gasteiger partial charge in [0, 0.05) is 48.9 Å². The Labute approximate surface area is 157 Å². The Morgan fingerprint density at radius 3 is 2.31 bits per heavy atom. The van der Waals surface area contributed by atoms with Crippen molar-refractivity contribution >= 4 is 33.8 Å². The summed E-state index contributed by atoms with van der Waals surface area (Å²) in [5, 5.41) is 14.1. The first-order valence-corrected chi connectivity index (χ1v) is 10.0. The summed E-state index contributed by atoms with van der Waals surface area (Å²) in [4.78, 5) is 12.9. The maximum absolute atomic E-state index is 13.1. The smallest absolute Gasteiger partial charge is 0.269 e. The predicted octanol–water partition coefficient (Wildman–Crippen LogP) is 2.43. The van der Waals surface area contributed by atoms with Crippen molar-refractivity contribution in [1.29, 1.82) is 0 Å². The van der Waals surface area contributed by atoms with Gasteiger partial charge < -0.3 is 10.2 Å². The van der Waals surface area contributed by atoms with Gasteiger partial charge in [0.1, 0.15) is 0 Å². The Balaban J connectivity index is 2.07. The third kappa shape index (κ3) is 3.42. The lowest BCUT2D eigenvalue weighted by molar-refractivity contribution is -0.384. The summed E-state index contributed by atoms with van der Waals surface area (Å²) in [6.45, 7) is 5.04. The number of hydrogen-bond donors (Lipinski definition) is 2. The Bertz CT molecular complexity index is 937. The number of sulfone groups is 1. The third-order valence-electron chi connectivity index (χ3n) is 4.44. The van der Waals surface area contributed by atoms with Gasteiger partial charge in [0.2, 0.25) is 9.84 Å². The fourth-order valence-electron chi connectivity index (χ4n) is 3.12. The predicted molar refractivity (Wildman–Crippen MR) is 102 cm³/mol. The summed E-state index contributed by atoms with van der Waals surface area (Å²) in [7, 11) is -3.85. The van der Waals surface area contributed by atoms with Crippen molar-refractivity contribution in [3.05, 3.63) is 52.1 Å².